The minimum absolute atomic E-state index is 0.188. The Morgan fingerprint density at radius 3 is 2.70 bits per heavy atom. The van der Waals surface area contributed by atoms with E-state index >= 15 is 0 Å². The molecule has 3 rings (SSSR count). The van der Waals surface area contributed by atoms with E-state index in [2.05, 4.69) is 10.3 Å². The molecule has 6 heteroatoms. The molecule has 3 aromatic rings. The molecule has 0 fully saturated rings. The lowest BCUT2D eigenvalue weighted by atomic mass is 10.1. The first-order valence-corrected chi connectivity index (χ1v) is 7.30. The molecule has 0 unspecified atom stereocenters. The minimum Gasteiger partial charge on any atom is -0.435 e. The van der Waals surface area contributed by atoms with Crippen LogP contribution in [0.15, 0.2) is 37.9 Å². The van der Waals surface area contributed by atoms with E-state index in [9.17, 15) is 9.59 Å². The highest BCUT2D eigenvalue weighted by molar-refractivity contribution is 6.03. The predicted molar refractivity (Wildman–Crippen MR) is 85.8 cm³/mol. The highest BCUT2D eigenvalue weighted by Crippen LogP contribution is 2.21. The van der Waals surface area contributed by atoms with Gasteiger partial charge in [0.25, 0.3) is 5.91 Å². The van der Waals surface area contributed by atoms with Gasteiger partial charge in [0.15, 0.2) is 5.89 Å². The van der Waals surface area contributed by atoms with E-state index in [0.29, 0.717) is 29.3 Å². The Balaban J connectivity index is 1.93. The highest BCUT2D eigenvalue weighted by Gasteiger charge is 2.17. The number of benzene rings is 1. The largest absolute Gasteiger partial charge is 0.435 e. The van der Waals surface area contributed by atoms with Gasteiger partial charge in [-0.1, -0.05) is 6.92 Å². The molecule has 0 saturated carbocycles. The zero-order valence-corrected chi connectivity index (χ0v) is 13.1. The molecule has 0 bridgehead atoms. The average Bonchev–Trinajstić information content (AvgIpc) is 2.88. The Hall–Kier alpha value is -2.89. The number of anilines is 1. The predicted octanol–water partition coefficient (Wildman–Crippen LogP) is 3.21. The lowest BCUT2D eigenvalue weighted by molar-refractivity contribution is 0.0994. The summed E-state index contributed by atoms with van der Waals surface area (Å²) in [6, 6.07) is 6.60. The van der Waals surface area contributed by atoms with Crippen LogP contribution in [0.25, 0.3) is 11.0 Å². The molecule has 6 nitrogen and oxygen atoms in total. The Morgan fingerprint density at radius 1 is 1.22 bits per heavy atom. The van der Waals surface area contributed by atoms with Crippen molar-refractivity contribution in [2.45, 2.75) is 27.2 Å². The smallest absolute Gasteiger partial charge is 0.336 e. The van der Waals surface area contributed by atoms with E-state index in [4.69, 9.17) is 8.83 Å². The van der Waals surface area contributed by atoms with E-state index in [1.807, 2.05) is 13.8 Å². The van der Waals surface area contributed by atoms with Gasteiger partial charge >= 0.3 is 5.63 Å². The van der Waals surface area contributed by atoms with Crippen molar-refractivity contribution in [2.75, 3.05) is 5.32 Å². The van der Waals surface area contributed by atoms with E-state index in [-0.39, 0.29) is 11.7 Å². The molecule has 2 aromatic heterocycles. The number of amides is 1. The normalized spacial score (nSPS) is 10.9. The summed E-state index contributed by atoms with van der Waals surface area (Å²) in [5, 5.41) is 3.56. The number of rotatable bonds is 3. The van der Waals surface area contributed by atoms with Crippen molar-refractivity contribution in [2.24, 2.45) is 0 Å². The van der Waals surface area contributed by atoms with Gasteiger partial charge in [0.05, 0.1) is 5.69 Å². The summed E-state index contributed by atoms with van der Waals surface area (Å²) < 4.78 is 10.6. The zero-order valence-electron chi connectivity index (χ0n) is 13.1. The zero-order chi connectivity index (χ0) is 16.6. The number of carbonyl (C=O) groups excluding carboxylic acids is 1. The second-order valence-electron chi connectivity index (χ2n) is 5.29. The molecule has 1 aromatic carbocycles. The van der Waals surface area contributed by atoms with Crippen LogP contribution in [-0.2, 0) is 6.42 Å². The lowest BCUT2D eigenvalue weighted by Crippen LogP contribution is -2.12. The molecule has 23 heavy (non-hydrogen) atoms. The van der Waals surface area contributed by atoms with E-state index < -0.39 is 5.63 Å². The molecule has 0 aliphatic rings. The van der Waals surface area contributed by atoms with Crippen LogP contribution in [-0.4, -0.2) is 10.9 Å². The van der Waals surface area contributed by atoms with Gasteiger partial charge in [-0.05, 0) is 31.5 Å². The third kappa shape index (κ3) is 2.88. The van der Waals surface area contributed by atoms with Gasteiger partial charge in [0.2, 0.25) is 5.76 Å². The summed E-state index contributed by atoms with van der Waals surface area (Å²) in [6.45, 7) is 5.46. The van der Waals surface area contributed by atoms with Crippen molar-refractivity contribution in [3.63, 3.8) is 0 Å². The summed E-state index contributed by atoms with van der Waals surface area (Å²) in [6.07, 6.45) is 0.620. The summed E-state index contributed by atoms with van der Waals surface area (Å²) in [4.78, 5) is 27.9. The number of aryl methyl sites for hydroxylation is 3. The SMILES string of the molecule is CCc1nc(C)c(C(=O)Nc2ccc3c(C)cc(=O)oc3c2)o1. The number of hydrogen-bond acceptors (Lipinski definition) is 5. The molecule has 1 amide bonds. The van der Waals surface area contributed by atoms with Gasteiger partial charge in [-0.25, -0.2) is 9.78 Å². The number of nitrogens with one attached hydrogen (secondary N) is 1. The van der Waals surface area contributed by atoms with Crippen LogP contribution in [0.2, 0.25) is 0 Å². The quantitative estimate of drug-likeness (QED) is 0.751. The molecule has 1 N–H and O–H groups in total. The van der Waals surface area contributed by atoms with Gasteiger partial charge in [-0.2, -0.15) is 0 Å². The standard InChI is InChI=1S/C17H16N2O4/c1-4-14-18-10(3)16(23-14)17(21)19-11-5-6-12-9(2)7-15(20)22-13(12)8-11/h5-8H,4H2,1-3H3,(H,19,21). The first kappa shape index (κ1) is 15.0. The van der Waals surface area contributed by atoms with Crippen molar-refractivity contribution < 1.29 is 13.6 Å². The summed E-state index contributed by atoms with van der Waals surface area (Å²) in [7, 11) is 0. The van der Waals surface area contributed by atoms with Crippen LogP contribution in [0.5, 0.6) is 0 Å². The van der Waals surface area contributed by atoms with Gasteiger partial charge in [-0.3, -0.25) is 4.79 Å². The van der Waals surface area contributed by atoms with Crippen LogP contribution < -0.4 is 10.9 Å². The Morgan fingerprint density at radius 2 is 2.00 bits per heavy atom. The van der Waals surface area contributed by atoms with E-state index in [0.717, 1.165) is 10.9 Å². The number of carbonyl (C=O) groups is 1. The first-order valence-electron chi connectivity index (χ1n) is 7.30. The molecule has 0 spiro atoms. The van der Waals surface area contributed by atoms with Crippen molar-refractivity contribution >= 4 is 22.6 Å². The van der Waals surface area contributed by atoms with Crippen molar-refractivity contribution in [1.82, 2.24) is 4.98 Å². The Bertz CT molecular complexity index is 953. The molecule has 0 radical (unpaired) electrons. The minimum atomic E-state index is -0.419. The van der Waals surface area contributed by atoms with E-state index in [1.54, 1.807) is 25.1 Å². The van der Waals surface area contributed by atoms with E-state index in [1.165, 1.54) is 6.07 Å². The van der Waals surface area contributed by atoms with Crippen molar-refractivity contribution in [3.05, 3.63) is 57.6 Å². The monoisotopic (exact) mass is 312 g/mol. The number of aromatic nitrogens is 1. The van der Waals surface area contributed by atoms with Gasteiger partial charge in [-0.15, -0.1) is 0 Å². The number of nitrogens with zero attached hydrogens (tertiary/aromatic N) is 1. The van der Waals surface area contributed by atoms with Gasteiger partial charge in [0, 0.05) is 29.6 Å². The molecule has 0 aliphatic heterocycles. The maximum absolute atomic E-state index is 12.3. The Kier molecular flexibility index (Phi) is 3.73. The van der Waals surface area contributed by atoms with Crippen molar-refractivity contribution in [1.29, 1.82) is 0 Å². The highest BCUT2D eigenvalue weighted by atomic mass is 16.4. The fraction of sp³-hybridized carbons (Fsp3) is 0.235. The molecule has 0 saturated heterocycles. The lowest BCUT2D eigenvalue weighted by Gasteiger charge is -2.06. The Labute approximate surface area is 132 Å². The van der Waals surface area contributed by atoms with Gasteiger partial charge < -0.3 is 14.2 Å². The summed E-state index contributed by atoms with van der Waals surface area (Å²) in [5.41, 5.74) is 1.90. The fourth-order valence-electron chi connectivity index (χ4n) is 2.40. The summed E-state index contributed by atoms with van der Waals surface area (Å²) >= 11 is 0. The molecular formula is C17H16N2O4. The molecule has 0 aliphatic carbocycles. The maximum atomic E-state index is 12.3. The second-order valence-corrected chi connectivity index (χ2v) is 5.29. The van der Waals surface area contributed by atoms with Crippen LogP contribution in [0, 0.1) is 13.8 Å². The fourth-order valence-corrected chi connectivity index (χ4v) is 2.40. The van der Waals surface area contributed by atoms with Crippen molar-refractivity contribution in [3.8, 4) is 0 Å². The van der Waals surface area contributed by atoms with Crippen LogP contribution in [0.4, 0.5) is 5.69 Å². The average molecular weight is 312 g/mol. The van der Waals surface area contributed by atoms with Crippen LogP contribution in [0.3, 0.4) is 0 Å². The summed E-state index contributed by atoms with van der Waals surface area (Å²) in [5.74, 6) is 0.324. The third-order valence-electron chi connectivity index (χ3n) is 3.56. The molecule has 2 heterocycles. The first-order chi connectivity index (χ1) is 11.0. The van der Waals surface area contributed by atoms with Crippen LogP contribution in [0.1, 0.15) is 34.6 Å². The van der Waals surface area contributed by atoms with Gasteiger partial charge in [0.1, 0.15) is 5.58 Å². The number of fused-ring (bicyclic) bond motifs is 1. The molecule has 118 valence electrons. The second kappa shape index (κ2) is 5.72. The third-order valence-corrected chi connectivity index (χ3v) is 3.56. The molecular weight excluding hydrogens is 296 g/mol. The number of hydrogen-bond donors (Lipinski definition) is 1. The maximum Gasteiger partial charge on any atom is 0.336 e. The molecule has 0 atom stereocenters. The topological polar surface area (TPSA) is 85.3 Å². The van der Waals surface area contributed by atoms with Crippen LogP contribution >= 0.6 is 0 Å². The number of oxazole rings is 1.